The van der Waals surface area contributed by atoms with Crippen molar-refractivity contribution in [1.29, 1.82) is 0 Å². The van der Waals surface area contributed by atoms with Crippen molar-refractivity contribution in [3.63, 3.8) is 0 Å². The van der Waals surface area contributed by atoms with Crippen molar-refractivity contribution in [3.8, 4) is 0 Å². The van der Waals surface area contributed by atoms with E-state index in [2.05, 4.69) is 10.6 Å². The SMILES string of the molecule is CO[C@H](CNC(=O)Nc1cccs1)c1ccco1. The molecule has 2 heterocycles. The first kappa shape index (κ1) is 12.7. The molecule has 0 unspecified atom stereocenters. The average Bonchev–Trinajstić information content (AvgIpc) is 3.02. The number of carbonyl (C=O) groups excluding carboxylic acids is 1. The van der Waals surface area contributed by atoms with Crippen molar-refractivity contribution < 1.29 is 13.9 Å². The maximum atomic E-state index is 11.6. The molecule has 2 amide bonds. The molecule has 0 saturated carbocycles. The quantitative estimate of drug-likeness (QED) is 0.874. The van der Waals surface area contributed by atoms with E-state index in [0.717, 1.165) is 5.00 Å². The highest BCUT2D eigenvalue weighted by Crippen LogP contribution is 2.17. The van der Waals surface area contributed by atoms with Crippen LogP contribution in [0.25, 0.3) is 0 Å². The number of hydrogen-bond donors (Lipinski definition) is 2. The molecule has 0 aliphatic rings. The van der Waals surface area contributed by atoms with E-state index in [1.165, 1.54) is 11.3 Å². The minimum absolute atomic E-state index is 0.258. The molecule has 2 rings (SSSR count). The molecule has 18 heavy (non-hydrogen) atoms. The van der Waals surface area contributed by atoms with Crippen LogP contribution in [0.15, 0.2) is 40.3 Å². The predicted molar refractivity (Wildman–Crippen MR) is 69.8 cm³/mol. The highest BCUT2D eigenvalue weighted by molar-refractivity contribution is 7.14. The molecular formula is C12H14N2O3S. The van der Waals surface area contributed by atoms with Gasteiger partial charge in [0.25, 0.3) is 0 Å². The summed E-state index contributed by atoms with van der Waals surface area (Å²) in [6.07, 6.45) is 1.29. The third kappa shape index (κ3) is 3.35. The van der Waals surface area contributed by atoms with Gasteiger partial charge in [-0.15, -0.1) is 11.3 Å². The summed E-state index contributed by atoms with van der Waals surface area (Å²) in [6.45, 7) is 0.348. The fourth-order valence-corrected chi connectivity index (χ4v) is 2.08. The number of carbonyl (C=O) groups is 1. The van der Waals surface area contributed by atoms with Gasteiger partial charge in [-0.1, -0.05) is 0 Å². The molecule has 0 spiro atoms. The second-order valence-electron chi connectivity index (χ2n) is 3.55. The van der Waals surface area contributed by atoms with Crippen LogP contribution in [0.1, 0.15) is 11.9 Å². The molecule has 2 aromatic heterocycles. The number of methoxy groups -OCH3 is 1. The van der Waals surface area contributed by atoms with E-state index >= 15 is 0 Å². The maximum absolute atomic E-state index is 11.6. The number of nitrogens with one attached hydrogen (secondary N) is 2. The van der Waals surface area contributed by atoms with Gasteiger partial charge in [-0.05, 0) is 29.6 Å². The standard InChI is InChI=1S/C12H14N2O3S/c1-16-10(9-4-2-6-17-9)8-13-12(15)14-11-5-3-7-18-11/h2-7,10H,8H2,1H3,(H2,13,14,15)/t10-/m1/s1. The van der Waals surface area contributed by atoms with Gasteiger partial charge >= 0.3 is 6.03 Å². The van der Waals surface area contributed by atoms with Crippen molar-refractivity contribution in [3.05, 3.63) is 41.7 Å². The molecule has 96 valence electrons. The molecule has 0 aromatic carbocycles. The fourth-order valence-electron chi connectivity index (χ4n) is 1.47. The van der Waals surface area contributed by atoms with Gasteiger partial charge in [0.05, 0.1) is 17.8 Å². The van der Waals surface area contributed by atoms with Crippen LogP contribution in [0, 0.1) is 0 Å². The van der Waals surface area contributed by atoms with Crippen LogP contribution in [0.2, 0.25) is 0 Å². The van der Waals surface area contributed by atoms with Gasteiger partial charge < -0.3 is 14.5 Å². The number of furan rings is 1. The highest BCUT2D eigenvalue weighted by Gasteiger charge is 2.14. The Kier molecular flexibility index (Phi) is 4.38. The van der Waals surface area contributed by atoms with Crippen LogP contribution in [0.4, 0.5) is 9.80 Å². The Morgan fingerprint density at radius 3 is 3.00 bits per heavy atom. The summed E-state index contributed by atoms with van der Waals surface area (Å²) in [5.74, 6) is 0.689. The molecule has 1 atom stereocenters. The number of ether oxygens (including phenoxy) is 1. The van der Waals surface area contributed by atoms with Crippen LogP contribution >= 0.6 is 11.3 Å². The molecule has 0 saturated heterocycles. The molecule has 2 aromatic rings. The molecule has 0 aliphatic carbocycles. The van der Waals surface area contributed by atoms with Crippen LogP contribution in [-0.4, -0.2) is 19.7 Å². The molecule has 2 N–H and O–H groups in total. The lowest BCUT2D eigenvalue weighted by Crippen LogP contribution is -2.32. The Labute approximate surface area is 109 Å². The Balaban J connectivity index is 1.81. The predicted octanol–water partition coefficient (Wildman–Crippen LogP) is 2.85. The summed E-state index contributed by atoms with van der Waals surface area (Å²) in [5.41, 5.74) is 0. The Bertz CT molecular complexity index is 467. The summed E-state index contributed by atoms with van der Waals surface area (Å²) < 4.78 is 10.5. The first-order valence-electron chi connectivity index (χ1n) is 5.44. The van der Waals surface area contributed by atoms with Gasteiger partial charge in [0.2, 0.25) is 0 Å². The topological polar surface area (TPSA) is 63.5 Å². The van der Waals surface area contributed by atoms with Crippen LogP contribution in [0.5, 0.6) is 0 Å². The largest absolute Gasteiger partial charge is 0.467 e. The number of rotatable bonds is 5. The van der Waals surface area contributed by atoms with E-state index in [9.17, 15) is 4.79 Å². The Morgan fingerprint density at radius 2 is 2.39 bits per heavy atom. The zero-order valence-corrected chi connectivity index (χ0v) is 10.7. The first-order valence-corrected chi connectivity index (χ1v) is 6.32. The maximum Gasteiger partial charge on any atom is 0.319 e. The highest BCUT2D eigenvalue weighted by atomic mass is 32.1. The van der Waals surface area contributed by atoms with Crippen molar-refractivity contribution >= 4 is 22.4 Å². The van der Waals surface area contributed by atoms with Crippen LogP contribution in [-0.2, 0) is 4.74 Å². The number of amides is 2. The van der Waals surface area contributed by atoms with Crippen molar-refractivity contribution in [2.45, 2.75) is 6.10 Å². The summed E-state index contributed by atoms with van der Waals surface area (Å²) in [6, 6.07) is 7.05. The molecule has 0 aliphatic heterocycles. The monoisotopic (exact) mass is 266 g/mol. The Morgan fingerprint density at radius 1 is 1.50 bits per heavy atom. The van der Waals surface area contributed by atoms with Gasteiger partial charge in [0.1, 0.15) is 11.9 Å². The molecule has 0 fully saturated rings. The molecule has 6 heteroatoms. The second-order valence-corrected chi connectivity index (χ2v) is 4.50. The fraction of sp³-hybridized carbons (Fsp3) is 0.250. The van der Waals surface area contributed by atoms with E-state index in [1.807, 2.05) is 23.6 Å². The van der Waals surface area contributed by atoms with Gasteiger partial charge in [0.15, 0.2) is 0 Å². The van der Waals surface area contributed by atoms with Gasteiger partial charge in [-0.2, -0.15) is 0 Å². The number of hydrogen-bond acceptors (Lipinski definition) is 4. The first-order chi connectivity index (χ1) is 8.79. The van der Waals surface area contributed by atoms with E-state index < -0.39 is 0 Å². The molecule has 0 radical (unpaired) electrons. The van der Waals surface area contributed by atoms with Crippen molar-refractivity contribution in [2.75, 3.05) is 19.0 Å². The Hall–Kier alpha value is -1.79. The summed E-state index contributed by atoms with van der Waals surface area (Å²) in [5, 5.41) is 8.17. The smallest absolute Gasteiger partial charge is 0.319 e. The minimum atomic E-state index is -0.283. The van der Waals surface area contributed by atoms with E-state index in [0.29, 0.717) is 12.3 Å². The second kappa shape index (κ2) is 6.23. The molecule has 0 bridgehead atoms. The average molecular weight is 266 g/mol. The van der Waals surface area contributed by atoms with E-state index in [1.54, 1.807) is 19.4 Å². The normalized spacial score (nSPS) is 12.1. The number of urea groups is 1. The molecular weight excluding hydrogens is 252 g/mol. The zero-order valence-electron chi connectivity index (χ0n) is 9.88. The van der Waals surface area contributed by atoms with Crippen LogP contribution in [0.3, 0.4) is 0 Å². The summed E-state index contributed by atoms with van der Waals surface area (Å²) in [7, 11) is 1.58. The summed E-state index contributed by atoms with van der Waals surface area (Å²) >= 11 is 1.47. The van der Waals surface area contributed by atoms with Gasteiger partial charge in [-0.3, -0.25) is 5.32 Å². The van der Waals surface area contributed by atoms with Crippen molar-refractivity contribution in [2.24, 2.45) is 0 Å². The van der Waals surface area contributed by atoms with Crippen molar-refractivity contribution in [1.82, 2.24) is 5.32 Å². The van der Waals surface area contributed by atoms with E-state index in [4.69, 9.17) is 9.15 Å². The third-order valence-corrected chi connectivity index (χ3v) is 3.14. The van der Waals surface area contributed by atoms with E-state index in [-0.39, 0.29) is 12.1 Å². The lowest BCUT2D eigenvalue weighted by molar-refractivity contribution is 0.0855. The van der Waals surface area contributed by atoms with Crippen LogP contribution < -0.4 is 10.6 Å². The lowest BCUT2D eigenvalue weighted by atomic mass is 10.3. The minimum Gasteiger partial charge on any atom is -0.467 e. The zero-order chi connectivity index (χ0) is 12.8. The third-order valence-electron chi connectivity index (χ3n) is 2.35. The molecule has 5 nitrogen and oxygen atoms in total. The number of thiophene rings is 1. The van der Waals surface area contributed by atoms with Gasteiger partial charge in [0, 0.05) is 7.11 Å². The van der Waals surface area contributed by atoms with Gasteiger partial charge in [-0.25, -0.2) is 4.79 Å². The summed E-state index contributed by atoms with van der Waals surface area (Å²) in [4.78, 5) is 11.6. The lowest BCUT2D eigenvalue weighted by Gasteiger charge is -2.13. The number of anilines is 1.